The first kappa shape index (κ1) is 16.1. The summed E-state index contributed by atoms with van der Waals surface area (Å²) in [5.74, 6) is -0.278. The highest BCUT2D eigenvalue weighted by atomic mass is 16.2. The minimum absolute atomic E-state index is 0.124. The zero-order valence-electron chi connectivity index (χ0n) is 14.0. The van der Waals surface area contributed by atoms with Crippen LogP contribution in [-0.2, 0) is 16.1 Å². The van der Waals surface area contributed by atoms with Crippen molar-refractivity contribution in [3.63, 3.8) is 0 Å². The van der Waals surface area contributed by atoms with Crippen molar-refractivity contribution in [3.05, 3.63) is 29.3 Å². The molecule has 1 aromatic rings. The lowest BCUT2D eigenvalue weighted by molar-refractivity contribution is -0.136. The summed E-state index contributed by atoms with van der Waals surface area (Å²) in [6.07, 6.45) is 1.72. The van der Waals surface area contributed by atoms with Crippen LogP contribution in [0, 0.1) is 5.92 Å². The van der Waals surface area contributed by atoms with Gasteiger partial charge in [-0.1, -0.05) is 6.07 Å². The highest BCUT2D eigenvalue weighted by molar-refractivity contribution is 6.06. The topological polar surface area (TPSA) is 95.7 Å². The number of nitrogens with one attached hydrogen (secondary N) is 1. The highest BCUT2D eigenvalue weighted by Crippen LogP contribution is 2.35. The standard InChI is InChI=1S/C18H22N4O3/c19-8-11-6-7-21(9-11)14-3-1-2-12-13(14)10-22(18(12)25)15-4-5-16(23)20-17(15)24/h1-3,11,15H,4-10,19H2,(H,20,23,24)/t11-,15?/m0/s1. The molecule has 1 unspecified atom stereocenters. The number of nitrogens with two attached hydrogens (primary N) is 1. The van der Waals surface area contributed by atoms with E-state index in [0.717, 1.165) is 30.8 Å². The van der Waals surface area contributed by atoms with Crippen LogP contribution in [-0.4, -0.2) is 48.3 Å². The second kappa shape index (κ2) is 6.15. The van der Waals surface area contributed by atoms with Crippen LogP contribution in [0.4, 0.5) is 5.69 Å². The van der Waals surface area contributed by atoms with E-state index in [9.17, 15) is 14.4 Å². The molecule has 0 bridgehead atoms. The number of imide groups is 1. The molecule has 3 amide bonds. The molecule has 132 valence electrons. The SMILES string of the molecule is NC[C@@H]1CCN(c2cccc3c2CN(C2CCC(=O)NC2=O)C3=O)C1. The van der Waals surface area contributed by atoms with Gasteiger partial charge >= 0.3 is 0 Å². The quantitative estimate of drug-likeness (QED) is 0.767. The van der Waals surface area contributed by atoms with Gasteiger partial charge in [0.1, 0.15) is 6.04 Å². The van der Waals surface area contributed by atoms with Crippen LogP contribution < -0.4 is 16.0 Å². The van der Waals surface area contributed by atoms with E-state index in [4.69, 9.17) is 5.73 Å². The van der Waals surface area contributed by atoms with Gasteiger partial charge in [0.25, 0.3) is 5.91 Å². The predicted molar refractivity (Wildman–Crippen MR) is 91.9 cm³/mol. The zero-order valence-corrected chi connectivity index (χ0v) is 14.0. The number of carbonyl (C=O) groups excluding carboxylic acids is 3. The summed E-state index contributed by atoms with van der Waals surface area (Å²) in [6.45, 7) is 2.93. The van der Waals surface area contributed by atoms with E-state index in [1.807, 2.05) is 18.2 Å². The fraction of sp³-hybridized carbons (Fsp3) is 0.500. The first-order chi connectivity index (χ1) is 12.1. The van der Waals surface area contributed by atoms with Crippen LogP contribution >= 0.6 is 0 Å². The van der Waals surface area contributed by atoms with Gasteiger partial charge in [0.15, 0.2) is 0 Å². The first-order valence-corrected chi connectivity index (χ1v) is 8.80. The third-order valence-electron chi connectivity index (χ3n) is 5.52. The molecule has 3 heterocycles. The minimum Gasteiger partial charge on any atom is -0.371 e. The van der Waals surface area contributed by atoms with Crippen LogP contribution in [0.5, 0.6) is 0 Å². The predicted octanol–water partition coefficient (Wildman–Crippen LogP) is 0.233. The summed E-state index contributed by atoms with van der Waals surface area (Å²) >= 11 is 0. The lowest BCUT2D eigenvalue weighted by Crippen LogP contribution is -2.52. The van der Waals surface area contributed by atoms with Gasteiger partial charge in [0, 0.05) is 42.9 Å². The summed E-state index contributed by atoms with van der Waals surface area (Å²) in [7, 11) is 0. The molecular weight excluding hydrogens is 320 g/mol. The number of piperidine rings is 1. The molecule has 3 N–H and O–H groups in total. The zero-order chi connectivity index (χ0) is 17.6. The van der Waals surface area contributed by atoms with Crippen LogP contribution in [0.25, 0.3) is 0 Å². The second-order valence-electron chi connectivity index (χ2n) is 7.04. The molecule has 0 aromatic heterocycles. The molecule has 0 spiro atoms. The number of benzene rings is 1. The Labute approximate surface area is 146 Å². The molecule has 3 aliphatic heterocycles. The van der Waals surface area contributed by atoms with Gasteiger partial charge in [-0.05, 0) is 37.4 Å². The maximum Gasteiger partial charge on any atom is 0.255 e. The van der Waals surface area contributed by atoms with Crippen LogP contribution in [0.15, 0.2) is 18.2 Å². The summed E-state index contributed by atoms with van der Waals surface area (Å²) in [4.78, 5) is 40.3. The molecule has 1 aromatic carbocycles. The Balaban J connectivity index is 1.60. The number of hydrogen-bond acceptors (Lipinski definition) is 5. The molecule has 3 aliphatic rings. The summed E-state index contributed by atoms with van der Waals surface area (Å²) < 4.78 is 0. The first-order valence-electron chi connectivity index (χ1n) is 8.80. The normalized spacial score (nSPS) is 26.2. The van der Waals surface area contributed by atoms with Gasteiger partial charge in [-0.3, -0.25) is 19.7 Å². The lowest BCUT2D eigenvalue weighted by Gasteiger charge is -2.29. The van der Waals surface area contributed by atoms with Gasteiger partial charge in [0.05, 0.1) is 0 Å². The van der Waals surface area contributed by atoms with Crippen molar-refractivity contribution >= 4 is 23.4 Å². The molecule has 4 rings (SSSR count). The van der Waals surface area contributed by atoms with E-state index >= 15 is 0 Å². The largest absolute Gasteiger partial charge is 0.371 e. The maximum atomic E-state index is 12.8. The minimum atomic E-state index is -0.569. The number of fused-ring (bicyclic) bond motifs is 1. The van der Waals surface area contributed by atoms with Crippen molar-refractivity contribution in [2.75, 3.05) is 24.5 Å². The summed E-state index contributed by atoms with van der Waals surface area (Å²) in [6, 6.07) is 5.19. The number of hydrogen-bond donors (Lipinski definition) is 2. The van der Waals surface area contributed by atoms with Crippen LogP contribution in [0.3, 0.4) is 0 Å². The van der Waals surface area contributed by atoms with Gasteiger partial charge in [-0.15, -0.1) is 0 Å². The fourth-order valence-electron chi connectivity index (χ4n) is 4.11. The number of anilines is 1. The Hall–Kier alpha value is -2.41. The number of nitrogens with zero attached hydrogens (tertiary/aromatic N) is 2. The average Bonchev–Trinajstić information content (AvgIpc) is 3.20. The monoisotopic (exact) mass is 342 g/mol. The Morgan fingerprint density at radius 3 is 2.76 bits per heavy atom. The molecule has 2 fully saturated rings. The highest BCUT2D eigenvalue weighted by Gasteiger charge is 2.40. The molecule has 0 aliphatic carbocycles. The Morgan fingerprint density at radius 1 is 1.20 bits per heavy atom. The van der Waals surface area contributed by atoms with Gasteiger partial charge in [-0.25, -0.2) is 0 Å². The van der Waals surface area contributed by atoms with Gasteiger partial charge < -0.3 is 15.5 Å². The van der Waals surface area contributed by atoms with Crippen molar-refractivity contribution in [1.29, 1.82) is 0 Å². The fourth-order valence-corrected chi connectivity index (χ4v) is 4.11. The summed E-state index contributed by atoms with van der Waals surface area (Å²) in [5.41, 5.74) is 8.51. The smallest absolute Gasteiger partial charge is 0.255 e. The maximum absolute atomic E-state index is 12.8. The molecule has 2 saturated heterocycles. The van der Waals surface area contributed by atoms with Crippen molar-refractivity contribution in [1.82, 2.24) is 10.2 Å². The Bertz CT molecular complexity index is 748. The molecule has 0 saturated carbocycles. The Morgan fingerprint density at radius 2 is 2.04 bits per heavy atom. The molecule has 7 heteroatoms. The van der Waals surface area contributed by atoms with Crippen molar-refractivity contribution in [2.24, 2.45) is 11.7 Å². The van der Waals surface area contributed by atoms with E-state index in [1.54, 1.807) is 4.90 Å². The Kier molecular flexibility index (Phi) is 3.95. The van der Waals surface area contributed by atoms with Crippen molar-refractivity contribution in [2.45, 2.75) is 31.8 Å². The molecule has 7 nitrogen and oxygen atoms in total. The van der Waals surface area contributed by atoms with Crippen molar-refractivity contribution in [3.8, 4) is 0 Å². The van der Waals surface area contributed by atoms with E-state index < -0.39 is 6.04 Å². The van der Waals surface area contributed by atoms with E-state index in [1.165, 1.54) is 0 Å². The molecule has 25 heavy (non-hydrogen) atoms. The molecule has 2 atom stereocenters. The average molecular weight is 342 g/mol. The van der Waals surface area contributed by atoms with Gasteiger partial charge in [-0.2, -0.15) is 0 Å². The number of rotatable bonds is 3. The molecule has 0 radical (unpaired) electrons. The third kappa shape index (κ3) is 2.68. The number of carbonyl (C=O) groups is 3. The van der Waals surface area contributed by atoms with E-state index in [0.29, 0.717) is 31.0 Å². The van der Waals surface area contributed by atoms with Crippen LogP contribution in [0.2, 0.25) is 0 Å². The lowest BCUT2D eigenvalue weighted by atomic mass is 10.0. The van der Waals surface area contributed by atoms with E-state index in [-0.39, 0.29) is 24.1 Å². The molecular formula is C18H22N4O3. The third-order valence-corrected chi connectivity index (χ3v) is 5.52. The van der Waals surface area contributed by atoms with E-state index in [2.05, 4.69) is 10.2 Å². The summed E-state index contributed by atoms with van der Waals surface area (Å²) in [5, 5.41) is 2.34. The number of amides is 3. The second-order valence-corrected chi connectivity index (χ2v) is 7.04. The van der Waals surface area contributed by atoms with Gasteiger partial charge in [0.2, 0.25) is 11.8 Å². The van der Waals surface area contributed by atoms with Crippen molar-refractivity contribution < 1.29 is 14.4 Å². The van der Waals surface area contributed by atoms with Crippen LogP contribution in [0.1, 0.15) is 35.2 Å².